The van der Waals surface area contributed by atoms with E-state index in [-0.39, 0.29) is 18.1 Å². The molecule has 0 amide bonds. The number of hydrogen-bond acceptors (Lipinski definition) is 4. The van der Waals surface area contributed by atoms with Crippen molar-refractivity contribution in [3.05, 3.63) is 0 Å². The summed E-state index contributed by atoms with van der Waals surface area (Å²) in [5.74, 6) is 0. The van der Waals surface area contributed by atoms with Gasteiger partial charge >= 0.3 is 7.60 Å². The Bertz CT molecular complexity index is 213. The highest BCUT2D eigenvalue weighted by molar-refractivity contribution is 7.53. The summed E-state index contributed by atoms with van der Waals surface area (Å²) in [6.45, 7) is 10.1. The molecule has 2 N–H and O–H groups in total. The van der Waals surface area contributed by atoms with Crippen LogP contribution >= 0.6 is 7.60 Å². The molecule has 2 unspecified atom stereocenters. The van der Waals surface area contributed by atoms with Gasteiger partial charge in [-0.3, -0.25) is 4.57 Å². The minimum atomic E-state index is -2.94. The maximum Gasteiger partial charge on any atom is 0.327 e. The first-order valence-corrected chi connectivity index (χ1v) is 6.78. The van der Waals surface area contributed by atoms with Crippen LogP contribution in [0.5, 0.6) is 0 Å². The molecule has 0 aromatic heterocycles. The summed E-state index contributed by atoms with van der Waals surface area (Å²) in [7, 11) is -2.94. The van der Waals surface area contributed by atoms with Crippen molar-refractivity contribution in [2.75, 3.05) is 19.8 Å². The zero-order valence-electron chi connectivity index (χ0n) is 9.74. The predicted molar refractivity (Wildman–Crippen MR) is 58.5 cm³/mol. The van der Waals surface area contributed by atoms with Crippen molar-refractivity contribution in [3.8, 4) is 0 Å². The van der Waals surface area contributed by atoms with E-state index in [1.165, 1.54) is 6.66 Å². The van der Waals surface area contributed by atoms with Gasteiger partial charge in [0, 0.05) is 13.2 Å². The van der Waals surface area contributed by atoms with Crippen LogP contribution in [-0.2, 0) is 13.6 Å². The van der Waals surface area contributed by atoms with Gasteiger partial charge in [0.05, 0.1) is 12.7 Å². The minimum Gasteiger partial charge on any atom is -0.328 e. The monoisotopic (exact) mass is 223 g/mol. The fourth-order valence-corrected chi connectivity index (χ4v) is 2.08. The summed E-state index contributed by atoms with van der Waals surface area (Å²) in [5.41, 5.74) is 5.21. The van der Waals surface area contributed by atoms with Gasteiger partial charge in [0.25, 0.3) is 0 Å². The lowest BCUT2D eigenvalue weighted by Crippen LogP contribution is -2.25. The lowest BCUT2D eigenvalue weighted by molar-refractivity contribution is 0.0808. The molecule has 0 saturated heterocycles. The smallest absolute Gasteiger partial charge is 0.327 e. The van der Waals surface area contributed by atoms with Crippen LogP contribution in [0.2, 0.25) is 0 Å². The highest BCUT2D eigenvalue weighted by Crippen LogP contribution is 2.47. The van der Waals surface area contributed by atoms with Crippen molar-refractivity contribution in [1.29, 1.82) is 0 Å². The third-order valence-corrected chi connectivity index (χ3v) is 3.36. The summed E-state index contributed by atoms with van der Waals surface area (Å²) in [5, 5.41) is 0. The van der Waals surface area contributed by atoms with E-state index in [4.69, 9.17) is 14.8 Å². The van der Waals surface area contributed by atoms with Crippen molar-refractivity contribution >= 4 is 7.60 Å². The van der Waals surface area contributed by atoms with Crippen LogP contribution in [0.25, 0.3) is 0 Å². The van der Waals surface area contributed by atoms with Gasteiger partial charge < -0.3 is 14.8 Å². The third-order valence-electron chi connectivity index (χ3n) is 2.01. The van der Waals surface area contributed by atoms with E-state index in [9.17, 15) is 4.57 Å². The second-order valence-corrected chi connectivity index (χ2v) is 6.52. The normalized spacial score (nSPS) is 19.0. The quantitative estimate of drug-likeness (QED) is 0.726. The van der Waals surface area contributed by atoms with Gasteiger partial charge in [-0.2, -0.15) is 0 Å². The van der Waals surface area contributed by atoms with Crippen molar-refractivity contribution in [2.45, 2.75) is 33.8 Å². The Morgan fingerprint density at radius 3 is 2.29 bits per heavy atom. The SMILES string of the molecule is CC(OP(C)(=O)OCCN)C(C)(C)C. The zero-order chi connectivity index (χ0) is 11.4. The van der Waals surface area contributed by atoms with E-state index in [1.807, 2.05) is 27.7 Å². The van der Waals surface area contributed by atoms with Crippen LogP contribution in [0.3, 0.4) is 0 Å². The van der Waals surface area contributed by atoms with Gasteiger partial charge in [-0.15, -0.1) is 0 Å². The van der Waals surface area contributed by atoms with E-state index < -0.39 is 7.60 Å². The summed E-state index contributed by atoms with van der Waals surface area (Å²) in [6.07, 6.45) is -0.115. The first-order chi connectivity index (χ1) is 6.19. The molecule has 2 atom stereocenters. The highest BCUT2D eigenvalue weighted by Gasteiger charge is 2.28. The topological polar surface area (TPSA) is 61.5 Å². The first-order valence-electron chi connectivity index (χ1n) is 4.79. The Labute approximate surface area is 86.7 Å². The fraction of sp³-hybridized carbons (Fsp3) is 1.00. The molecule has 0 saturated carbocycles. The second-order valence-electron chi connectivity index (χ2n) is 4.51. The molecule has 86 valence electrons. The molecule has 0 aromatic carbocycles. The molecule has 0 radical (unpaired) electrons. The molecule has 5 heteroatoms. The molecule has 0 aliphatic rings. The lowest BCUT2D eigenvalue weighted by Gasteiger charge is -2.29. The molecular formula is C9H22NO3P. The second kappa shape index (κ2) is 5.26. The van der Waals surface area contributed by atoms with Gasteiger partial charge in [0.2, 0.25) is 0 Å². The zero-order valence-corrected chi connectivity index (χ0v) is 10.6. The van der Waals surface area contributed by atoms with Crippen LogP contribution in [0.15, 0.2) is 0 Å². The predicted octanol–water partition coefficient (Wildman–Crippen LogP) is 2.24. The molecule has 4 nitrogen and oxygen atoms in total. The fourth-order valence-electron chi connectivity index (χ4n) is 0.694. The van der Waals surface area contributed by atoms with Crippen LogP contribution < -0.4 is 5.73 Å². The van der Waals surface area contributed by atoms with E-state index in [2.05, 4.69) is 0 Å². The molecule has 0 aliphatic carbocycles. The standard InChI is InChI=1S/C9H22NO3P/c1-8(9(2,3)4)13-14(5,11)12-7-6-10/h8H,6-7,10H2,1-5H3. The van der Waals surface area contributed by atoms with Gasteiger partial charge in [0.1, 0.15) is 0 Å². The Hall–Kier alpha value is 0.110. The molecule has 0 rings (SSSR count). The van der Waals surface area contributed by atoms with E-state index in [1.54, 1.807) is 0 Å². The van der Waals surface area contributed by atoms with Gasteiger partial charge in [-0.1, -0.05) is 20.8 Å². The summed E-state index contributed by atoms with van der Waals surface area (Å²) in [6, 6.07) is 0. The molecule has 0 aromatic rings. The summed E-state index contributed by atoms with van der Waals surface area (Å²) < 4.78 is 22.2. The first kappa shape index (κ1) is 14.1. The van der Waals surface area contributed by atoms with Crippen LogP contribution in [-0.4, -0.2) is 25.9 Å². The average Bonchev–Trinajstić information content (AvgIpc) is 1.98. The maximum absolute atomic E-state index is 11.7. The van der Waals surface area contributed by atoms with Crippen molar-refractivity contribution in [2.24, 2.45) is 11.1 Å². The summed E-state index contributed by atoms with van der Waals surface area (Å²) in [4.78, 5) is 0. The number of hydrogen-bond donors (Lipinski definition) is 1. The van der Waals surface area contributed by atoms with E-state index in [0.717, 1.165) is 0 Å². The molecule has 0 aliphatic heterocycles. The van der Waals surface area contributed by atoms with Crippen molar-refractivity contribution in [1.82, 2.24) is 0 Å². The molecule has 14 heavy (non-hydrogen) atoms. The van der Waals surface area contributed by atoms with Gasteiger partial charge in [0.15, 0.2) is 0 Å². The maximum atomic E-state index is 11.7. The molecule has 0 heterocycles. The van der Waals surface area contributed by atoms with Crippen LogP contribution in [0, 0.1) is 5.41 Å². The third kappa shape index (κ3) is 5.76. The number of nitrogens with two attached hydrogens (primary N) is 1. The van der Waals surface area contributed by atoms with Gasteiger partial charge in [-0.25, -0.2) is 0 Å². The van der Waals surface area contributed by atoms with Gasteiger partial charge in [-0.05, 0) is 12.3 Å². The Balaban J connectivity index is 4.15. The van der Waals surface area contributed by atoms with Crippen LogP contribution in [0.4, 0.5) is 0 Å². The highest BCUT2D eigenvalue weighted by atomic mass is 31.2. The lowest BCUT2D eigenvalue weighted by atomic mass is 9.91. The Morgan fingerprint density at radius 1 is 1.43 bits per heavy atom. The molecule has 0 spiro atoms. The Morgan fingerprint density at radius 2 is 1.93 bits per heavy atom. The largest absolute Gasteiger partial charge is 0.328 e. The van der Waals surface area contributed by atoms with Crippen molar-refractivity contribution < 1.29 is 13.6 Å². The molecule has 0 fully saturated rings. The van der Waals surface area contributed by atoms with E-state index in [0.29, 0.717) is 6.54 Å². The number of rotatable bonds is 5. The average molecular weight is 223 g/mol. The van der Waals surface area contributed by atoms with Crippen molar-refractivity contribution in [3.63, 3.8) is 0 Å². The minimum absolute atomic E-state index is 0.0439. The van der Waals surface area contributed by atoms with Crippen LogP contribution in [0.1, 0.15) is 27.7 Å². The molecule has 0 bridgehead atoms. The Kier molecular flexibility index (Phi) is 5.31. The summed E-state index contributed by atoms with van der Waals surface area (Å²) >= 11 is 0. The van der Waals surface area contributed by atoms with E-state index >= 15 is 0 Å². The molecular weight excluding hydrogens is 201 g/mol.